The second-order valence-corrected chi connectivity index (χ2v) is 5.11. The van der Waals surface area contributed by atoms with Gasteiger partial charge in [0.15, 0.2) is 5.41 Å². The molecule has 0 aromatic carbocycles. The molecule has 5 heteroatoms. The number of esters is 2. The minimum Gasteiger partial charge on any atom is -0.468 e. The molecule has 2 rings (SSSR count). The first-order valence-electron chi connectivity index (χ1n) is 7.05. The van der Waals surface area contributed by atoms with Crippen molar-refractivity contribution in [3.63, 3.8) is 0 Å². The topological polar surface area (TPSA) is 65.5 Å². The van der Waals surface area contributed by atoms with Crippen LogP contribution in [0.25, 0.3) is 0 Å². The lowest BCUT2D eigenvalue weighted by Crippen LogP contribution is -2.48. The lowest BCUT2D eigenvalue weighted by molar-refractivity contribution is -0.172. The second kappa shape index (κ2) is 7.02. The van der Waals surface area contributed by atoms with Crippen molar-refractivity contribution in [1.29, 1.82) is 0 Å². The lowest BCUT2D eigenvalue weighted by Gasteiger charge is -2.34. The quantitative estimate of drug-likeness (QED) is 0.615. The maximum Gasteiger partial charge on any atom is 0.324 e. The summed E-state index contributed by atoms with van der Waals surface area (Å²) in [5, 5.41) is 0. The van der Waals surface area contributed by atoms with E-state index >= 15 is 0 Å². The zero-order chi connectivity index (χ0) is 16.0. The molecule has 0 spiro atoms. The number of methoxy groups -OCH3 is 2. The maximum atomic E-state index is 12.5. The molecule has 0 saturated heterocycles. The van der Waals surface area contributed by atoms with Gasteiger partial charge < -0.3 is 9.47 Å². The molecule has 1 aromatic heterocycles. The van der Waals surface area contributed by atoms with E-state index in [9.17, 15) is 9.59 Å². The number of carbonyl (C=O) groups is 2. The molecule has 1 unspecified atom stereocenters. The highest BCUT2D eigenvalue weighted by Crippen LogP contribution is 2.39. The summed E-state index contributed by atoms with van der Waals surface area (Å²) in [4.78, 5) is 29.3. The third-order valence-electron chi connectivity index (χ3n) is 3.90. The van der Waals surface area contributed by atoms with Gasteiger partial charge in [0.1, 0.15) is 0 Å². The van der Waals surface area contributed by atoms with E-state index < -0.39 is 17.4 Å². The van der Waals surface area contributed by atoms with Crippen molar-refractivity contribution in [1.82, 2.24) is 4.98 Å². The molecule has 116 valence electrons. The SMILES string of the molecule is COC(=O)C(Cc1ccccn1)(C(=O)OC)C1C=CC=CC1. The Balaban J connectivity index is 2.49. The lowest BCUT2D eigenvalue weighted by atomic mass is 9.69. The summed E-state index contributed by atoms with van der Waals surface area (Å²) in [5.41, 5.74) is -0.791. The molecular weight excluding hydrogens is 282 g/mol. The van der Waals surface area contributed by atoms with E-state index in [0.717, 1.165) is 0 Å². The fourth-order valence-electron chi connectivity index (χ4n) is 2.76. The second-order valence-electron chi connectivity index (χ2n) is 5.11. The van der Waals surface area contributed by atoms with E-state index in [2.05, 4.69) is 4.98 Å². The average molecular weight is 301 g/mol. The van der Waals surface area contributed by atoms with E-state index in [4.69, 9.17) is 9.47 Å². The number of hydrogen-bond acceptors (Lipinski definition) is 5. The molecule has 0 aliphatic heterocycles. The Kier molecular flexibility index (Phi) is 5.09. The van der Waals surface area contributed by atoms with Crippen molar-refractivity contribution in [2.75, 3.05) is 14.2 Å². The molecule has 0 radical (unpaired) electrons. The summed E-state index contributed by atoms with van der Waals surface area (Å²) in [6.07, 6.45) is 9.80. The number of nitrogens with zero attached hydrogens (tertiary/aromatic N) is 1. The molecule has 1 aliphatic rings. The largest absolute Gasteiger partial charge is 0.468 e. The van der Waals surface area contributed by atoms with Crippen LogP contribution in [-0.4, -0.2) is 31.1 Å². The summed E-state index contributed by atoms with van der Waals surface area (Å²) in [6.45, 7) is 0. The highest BCUT2D eigenvalue weighted by Gasteiger charge is 2.53. The Morgan fingerprint density at radius 3 is 2.45 bits per heavy atom. The van der Waals surface area contributed by atoms with Crippen LogP contribution in [0.1, 0.15) is 12.1 Å². The molecule has 22 heavy (non-hydrogen) atoms. The van der Waals surface area contributed by atoms with Crippen LogP contribution < -0.4 is 0 Å². The van der Waals surface area contributed by atoms with Gasteiger partial charge in [0.2, 0.25) is 0 Å². The van der Waals surface area contributed by atoms with Gasteiger partial charge in [0, 0.05) is 24.2 Å². The molecule has 1 heterocycles. The highest BCUT2D eigenvalue weighted by atomic mass is 16.5. The van der Waals surface area contributed by atoms with Crippen LogP contribution in [0.4, 0.5) is 0 Å². The fourth-order valence-corrected chi connectivity index (χ4v) is 2.76. The minimum atomic E-state index is -1.43. The number of hydrogen-bond donors (Lipinski definition) is 0. The van der Waals surface area contributed by atoms with Crippen LogP contribution in [0.15, 0.2) is 48.7 Å². The minimum absolute atomic E-state index is 0.135. The normalized spacial score (nSPS) is 17.1. The van der Waals surface area contributed by atoms with Crippen LogP contribution in [-0.2, 0) is 25.5 Å². The zero-order valence-corrected chi connectivity index (χ0v) is 12.7. The summed E-state index contributed by atoms with van der Waals surface area (Å²) in [7, 11) is 2.56. The number of allylic oxidation sites excluding steroid dienone is 4. The van der Waals surface area contributed by atoms with Gasteiger partial charge in [-0.1, -0.05) is 30.4 Å². The van der Waals surface area contributed by atoms with Crippen LogP contribution in [0.2, 0.25) is 0 Å². The molecule has 5 nitrogen and oxygen atoms in total. The van der Waals surface area contributed by atoms with Gasteiger partial charge in [0.25, 0.3) is 0 Å². The van der Waals surface area contributed by atoms with Crippen LogP contribution in [0, 0.1) is 11.3 Å². The van der Waals surface area contributed by atoms with Gasteiger partial charge in [-0.05, 0) is 18.6 Å². The zero-order valence-electron chi connectivity index (χ0n) is 12.7. The van der Waals surface area contributed by atoms with Gasteiger partial charge in [-0.15, -0.1) is 0 Å². The predicted molar refractivity (Wildman–Crippen MR) is 80.8 cm³/mol. The third-order valence-corrected chi connectivity index (χ3v) is 3.90. The Morgan fingerprint density at radius 1 is 1.23 bits per heavy atom. The number of ether oxygens (including phenoxy) is 2. The average Bonchev–Trinajstić information content (AvgIpc) is 2.60. The van der Waals surface area contributed by atoms with Crippen molar-refractivity contribution in [3.05, 3.63) is 54.4 Å². The first-order valence-corrected chi connectivity index (χ1v) is 7.05. The molecule has 1 atom stereocenters. The summed E-state index contributed by atoms with van der Waals surface area (Å²) >= 11 is 0. The molecule has 0 amide bonds. The molecular formula is C17H19NO4. The molecule has 0 saturated carbocycles. The third kappa shape index (κ3) is 2.93. The highest BCUT2D eigenvalue weighted by molar-refractivity contribution is 6.01. The number of rotatable bonds is 5. The molecule has 0 fully saturated rings. The Labute approximate surface area is 129 Å². The summed E-state index contributed by atoms with van der Waals surface area (Å²) in [6, 6.07) is 5.38. The van der Waals surface area contributed by atoms with E-state index in [-0.39, 0.29) is 12.3 Å². The number of pyridine rings is 1. The van der Waals surface area contributed by atoms with Crippen molar-refractivity contribution < 1.29 is 19.1 Å². The van der Waals surface area contributed by atoms with E-state index in [1.54, 1.807) is 18.3 Å². The van der Waals surface area contributed by atoms with Gasteiger partial charge in [-0.25, -0.2) is 0 Å². The predicted octanol–water partition coefficient (Wildman–Crippen LogP) is 2.09. The number of aromatic nitrogens is 1. The maximum absolute atomic E-state index is 12.5. The van der Waals surface area contributed by atoms with Crippen molar-refractivity contribution in [2.24, 2.45) is 11.3 Å². The molecule has 0 N–H and O–H groups in total. The summed E-state index contributed by atoms with van der Waals surface area (Å²) in [5.74, 6) is -1.54. The number of carbonyl (C=O) groups excluding carboxylic acids is 2. The molecule has 1 aromatic rings. The van der Waals surface area contributed by atoms with Crippen molar-refractivity contribution >= 4 is 11.9 Å². The first-order chi connectivity index (χ1) is 10.6. The van der Waals surface area contributed by atoms with E-state index in [1.165, 1.54) is 14.2 Å². The Hall–Kier alpha value is -2.43. The van der Waals surface area contributed by atoms with Gasteiger partial charge in [-0.3, -0.25) is 14.6 Å². The van der Waals surface area contributed by atoms with Crippen molar-refractivity contribution in [3.8, 4) is 0 Å². The van der Waals surface area contributed by atoms with Gasteiger partial charge in [0.05, 0.1) is 14.2 Å². The molecule has 1 aliphatic carbocycles. The fraction of sp³-hybridized carbons (Fsp3) is 0.353. The standard InChI is InChI=1S/C17H19NO4/c1-21-15(19)17(16(20)22-2,13-8-4-3-5-9-13)12-14-10-6-7-11-18-14/h3-8,10-11,13H,9,12H2,1-2H3. The first kappa shape index (κ1) is 15.9. The van der Waals surface area contributed by atoms with Gasteiger partial charge in [-0.2, -0.15) is 0 Å². The van der Waals surface area contributed by atoms with E-state index in [0.29, 0.717) is 12.1 Å². The van der Waals surface area contributed by atoms with Crippen LogP contribution in [0.3, 0.4) is 0 Å². The Morgan fingerprint density at radius 2 is 1.95 bits per heavy atom. The molecule has 0 bridgehead atoms. The smallest absolute Gasteiger partial charge is 0.324 e. The Bertz CT molecular complexity index is 576. The van der Waals surface area contributed by atoms with Gasteiger partial charge >= 0.3 is 11.9 Å². The van der Waals surface area contributed by atoms with Crippen molar-refractivity contribution in [2.45, 2.75) is 12.8 Å². The monoisotopic (exact) mass is 301 g/mol. The summed E-state index contributed by atoms with van der Waals surface area (Å²) < 4.78 is 9.88. The van der Waals surface area contributed by atoms with Crippen LogP contribution in [0.5, 0.6) is 0 Å². The van der Waals surface area contributed by atoms with E-state index in [1.807, 2.05) is 30.4 Å². The van der Waals surface area contributed by atoms with Crippen LogP contribution >= 0.6 is 0 Å².